The Morgan fingerprint density at radius 2 is 1.07 bits per heavy atom. The normalized spacial score (nSPS) is 26.0. The molecule has 0 heterocycles. The van der Waals surface area contributed by atoms with Gasteiger partial charge in [0, 0.05) is 16.7 Å². The van der Waals surface area contributed by atoms with Gasteiger partial charge in [-0.25, -0.2) is 4.39 Å². The van der Waals surface area contributed by atoms with Crippen molar-refractivity contribution in [3.8, 4) is 0 Å². The minimum atomic E-state index is -7.43. The van der Waals surface area contributed by atoms with Gasteiger partial charge in [0.05, 0.1) is 0 Å². The zero-order valence-electron chi connectivity index (χ0n) is 13.3. The molecule has 0 saturated heterocycles. The Morgan fingerprint density at radius 3 is 1.45 bits per heavy atom. The van der Waals surface area contributed by atoms with Crippen LogP contribution in [-0.4, -0.2) is 46.2 Å². The Balaban J connectivity index is 2.71. The van der Waals surface area contributed by atoms with Crippen molar-refractivity contribution in [2.75, 3.05) is 0 Å². The van der Waals surface area contributed by atoms with Crippen LogP contribution < -0.4 is 0 Å². The number of halogens is 12. The third kappa shape index (κ3) is 2.58. The van der Waals surface area contributed by atoms with Crippen LogP contribution in [0.15, 0.2) is 30.3 Å². The summed E-state index contributed by atoms with van der Waals surface area (Å²) in [5.74, 6) is -41.9. The fourth-order valence-electron chi connectivity index (χ4n) is 2.46. The van der Waals surface area contributed by atoms with Crippen LogP contribution in [0.1, 0.15) is 5.56 Å². The number of hydrogen-bond acceptors (Lipinski definition) is 2. The molecular formula is C15H6ClF11O2. The van der Waals surface area contributed by atoms with Crippen molar-refractivity contribution in [1.29, 1.82) is 0 Å². The molecule has 2 rings (SSSR count). The molecule has 0 radical (unpaired) electrons. The molecule has 1 fully saturated rings. The van der Waals surface area contributed by atoms with Gasteiger partial charge in [0.15, 0.2) is 0 Å². The van der Waals surface area contributed by atoms with Crippen molar-refractivity contribution >= 4 is 23.1 Å². The van der Waals surface area contributed by atoms with E-state index in [1.54, 1.807) is 0 Å². The van der Waals surface area contributed by atoms with Gasteiger partial charge in [0.25, 0.3) is 0 Å². The number of carbonyl (C=O) groups is 1. The van der Waals surface area contributed by atoms with Gasteiger partial charge in [0.1, 0.15) is 5.76 Å². The summed E-state index contributed by atoms with van der Waals surface area (Å²) < 4.78 is 149. The van der Waals surface area contributed by atoms with Crippen LogP contribution >= 0.6 is 11.6 Å². The highest BCUT2D eigenvalue weighted by atomic mass is 35.5. The first kappa shape index (κ1) is 23.2. The fourth-order valence-corrected chi connectivity index (χ4v) is 2.58. The maximum atomic E-state index is 14.5. The highest BCUT2D eigenvalue weighted by Crippen LogP contribution is 2.69. The second-order valence-corrected chi connectivity index (χ2v) is 6.37. The molecule has 0 bridgehead atoms. The molecule has 1 aromatic rings. The smallest absolute Gasteiger partial charge is 0.384 e. The summed E-state index contributed by atoms with van der Waals surface area (Å²) in [6.07, 6.45) is -0.819. The zero-order valence-corrected chi connectivity index (χ0v) is 14.0. The average molecular weight is 463 g/mol. The van der Waals surface area contributed by atoms with Crippen LogP contribution in [-0.2, 0) is 4.79 Å². The number of aliphatic hydroxyl groups is 1. The summed E-state index contributed by atoms with van der Waals surface area (Å²) >= 11 is 5.47. The molecule has 0 atom stereocenters. The lowest BCUT2D eigenvalue weighted by atomic mass is 9.70. The zero-order chi connectivity index (χ0) is 22.8. The number of benzene rings is 1. The predicted molar refractivity (Wildman–Crippen MR) is 75.6 cm³/mol. The largest absolute Gasteiger partial charge is 0.507 e. The molecule has 1 aliphatic carbocycles. The number of allylic oxidation sites excluding steroid dienone is 1. The van der Waals surface area contributed by atoms with E-state index < -0.39 is 58.5 Å². The topological polar surface area (TPSA) is 37.3 Å². The van der Waals surface area contributed by atoms with Gasteiger partial charge in [0.2, 0.25) is 5.78 Å². The minimum absolute atomic E-state index is 0.00158. The van der Waals surface area contributed by atoms with E-state index in [1.807, 2.05) is 0 Å². The lowest BCUT2D eigenvalue weighted by Crippen LogP contribution is -2.85. The third-order valence-electron chi connectivity index (χ3n) is 4.19. The van der Waals surface area contributed by atoms with E-state index in [9.17, 15) is 58.2 Å². The summed E-state index contributed by atoms with van der Waals surface area (Å²) in [4.78, 5) is 11.7. The van der Waals surface area contributed by atoms with E-state index in [0.717, 1.165) is 24.3 Å². The first-order valence-electron chi connectivity index (χ1n) is 7.09. The lowest BCUT2D eigenvalue weighted by molar-refractivity contribution is -0.475. The number of alkyl halides is 11. The number of hydrogen-bond donors (Lipinski definition) is 1. The highest BCUT2D eigenvalue weighted by molar-refractivity contribution is 6.30. The Hall–Kier alpha value is -2.05. The number of carbonyl (C=O) groups excluding carboxylic acids is 1. The van der Waals surface area contributed by atoms with Crippen molar-refractivity contribution < 1.29 is 58.2 Å². The van der Waals surface area contributed by atoms with Gasteiger partial charge in [-0.2, -0.15) is 43.9 Å². The standard InChI is InChI=1S/C15H6ClF11O2/c16-7-3-1-6(2-4-7)8(28)5-9(29)10(17)11(18,19)13(22,23)15(26,27)14(24,25)12(10,20)21/h1-5,28H/b8-5-. The Labute approximate surface area is 158 Å². The Kier molecular flexibility index (Phi) is 4.98. The monoisotopic (exact) mass is 462 g/mol. The average Bonchev–Trinajstić information content (AvgIpc) is 2.59. The van der Waals surface area contributed by atoms with Gasteiger partial charge >= 0.3 is 35.3 Å². The Bertz CT molecular complexity index is 832. The number of rotatable bonds is 3. The van der Waals surface area contributed by atoms with E-state index in [2.05, 4.69) is 0 Å². The van der Waals surface area contributed by atoms with Crippen LogP contribution in [0.3, 0.4) is 0 Å². The first-order valence-corrected chi connectivity index (χ1v) is 7.47. The predicted octanol–water partition coefficient (Wildman–Crippen LogP) is 5.71. The van der Waals surface area contributed by atoms with Crippen LogP contribution in [0.4, 0.5) is 48.3 Å². The van der Waals surface area contributed by atoms with Gasteiger partial charge in [-0.15, -0.1) is 0 Å². The molecule has 0 amide bonds. The van der Waals surface area contributed by atoms with Crippen molar-refractivity contribution in [2.45, 2.75) is 35.3 Å². The fraction of sp³-hybridized carbons (Fsp3) is 0.400. The maximum Gasteiger partial charge on any atom is 0.384 e. The molecule has 29 heavy (non-hydrogen) atoms. The lowest BCUT2D eigenvalue weighted by Gasteiger charge is -2.51. The summed E-state index contributed by atoms with van der Waals surface area (Å²) in [6, 6.07) is 3.62. The molecule has 162 valence electrons. The van der Waals surface area contributed by atoms with Crippen molar-refractivity contribution in [2.24, 2.45) is 0 Å². The molecule has 0 unspecified atom stereocenters. The molecular weight excluding hydrogens is 457 g/mol. The maximum absolute atomic E-state index is 14.5. The van der Waals surface area contributed by atoms with Crippen molar-refractivity contribution in [3.05, 3.63) is 40.9 Å². The molecule has 1 aliphatic rings. The minimum Gasteiger partial charge on any atom is -0.507 e. The molecule has 0 spiro atoms. The second kappa shape index (κ2) is 6.22. The summed E-state index contributed by atoms with van der Waals surface area (Å²) in [6.45, 7) is 0. The quantitative estimate of drug-likeness (QED) is 0.355. The summed E-state index contributed by atoms with van der Waals surface area (Å²) in [5, 5.41) is 9.55. The molecule has 1 N–H and O–H groups in total. The molecule has 0 aliphatic heterocycles. The van der Waals surface area contributed by atoms with Crippen LogP contribution in [0.2, 0.25) is 5.02 Å². The van der Waals surface area contributed by atoms with E-state index in [1.165, 1.54) is 0 Å². The van der Waals surface area contributed by atoms with Crippen molar-refractivity contribution in [3.63, 3.8) is 0 Å². The van der Waals surface area contributed by atoms with E-state index in [0.29, 0.717) is 0 Å². The van der Waals surface area contributed by atoms with Gasteiger partial charge in [-0.05, 0) is 24.3 Å². The highest BCUT2D eigenvalue weighted by Gasteiger charge is 3.02. The van der Waals surface area contributed by atoms with Crippen molar-refractivity contribution in [1.82, 2.24) is 0 Å². The molecule has 0 aromatic heterocycles. The van der Waals surface area contributed by atoms with Gasteiger partial charge in [-0.3, -0.25) is 4.79 Å². The van der Waals surface area contributed by atoms with Gasteiger partial charge in [-0.1, -0.05) is 11.6 Å². The van der Waals surface area contributed by atoms with Crippen LogP contribution in [0.5, 0.6) is 0 Å². The second-order valence-electron chi connectivity index (χ2n) is 5.93. The van der Waals surface area contributed by atoms with E-state index >= 15 is 0 Å². The molecule has 1 saturated carbocycles. The summed E-state index contributed by atoms with van der Waals surface area (Å²) in [5.41, 5.74) is -7.42. The number of ketones is 1. The van der Waals surface area contributed by atoms with Crippen LogP contribution in [0, 0.1) is 0 Å². The number of aliphatic hydroxyl groups excluding tert-OH is 1. The summed E-state index contributed by atoms with van der Waals surface area (Å²) in [7, 11) is 0. The molecule has 14 heteroatoms. The first-order chi connectivity index (χ1) is 12.8. The van der Waals surface area contributed by atoms with Crippen LogP contribution in [0.25, 0.3) is 5.76 Å². The molecule has 1 aromatic carbocycles. The van der Waals surface area contributed by atoms with E-state index in [4.69, 9.17) is 11.6 Å². The van der Waals surface area contributed by atoms with E-state index in [-0.39, 0.29) is 5.02 Å². The Morgan fingerprint density at radius 1 is 0.724 bits per heavy atom. The van der Waals surface area contributed by atoms with Gasteiger partial charge < -0.3 is 5.11 Å². The molecule has 2 nitrogen and oxygen atoms in total. The third-order valence-corrected chi connectivity index (χ3v) is 4.44. The SMILES string of the molecule is O=C(/C=C(\O)c1ccc(Cl)cc1)C1(F)C(F)(F)C(F)(F)C(F)(F)C(F)(F)C1(F)F.